The predicted molar refractivity (Wildman–Crippen MR) is 217 cm³/mol. The van der Waals surface area contributed by atoms with Crippen molar-refractivity contribution in [3.8, 4) is 22.7 Å². The zero-order valence-corrected chi connectivity index (χ0v) is 28.1. The standard InChI is InChI=1S/C48H30N4/c1-5-20-37-33(16-1)34-17-2-6-21-38(34)49(37)31-14-11-15-32(30-31)50-43-26-12-28-45-47(43)48-44(50)27-13-29-46(48)52(45)42-25-10-9-24-41(42)51-39-22-7-3-18-35(39)36-19-4-8-23-40(36)51/h1-30H. The molecule has 0 aliphatic rings. The van der Waals surface area contributed by atoms with E-state index in [1.165, 1.54) is 76.5 Å². The van der Waals surface area contributed by atoms with Gasteiger partial charge in [-0.25, -0.2) is 0 Å². The number of para-hydroxylation sites is 6. The van der Waals surface area contributed by atoms with Crippen LogP contribution in [-0.4, -0.2) is 18.3 Å². The minimum absolute atomic E-state index is 1.15. The number of hydrogen-bond donors (Lipinski definition) is 0. The van der Waals surface area contributed by atoms with E-state index in [1.807, 2.05) is 0 Å². The molecule has 0 bridgehead atoms. The van der Waals surface area contributed by atoms with Gasteiger partial charge in [-0.1, -0.05) is 103 Å². The van der Waals surface area contributed by atoms with Gasteiger partial charge in [0.2, 0.25) is 0 Å². The third-order valence-electron chi connectivity index (χ3n) is 11.1. The Morgan fingerprint density at radius 2 is 0.519 bits per heavy atom. The van der Waals surface area contributed by atoms with Crippen molar-refractivity contribution in [2.24, 2.45) is 0 Å². The summed E-state index contributed by atoms with van der Waals surface area (Å²) in [6.45, 7) is 0. The second-order valence-corrected chi connectivity index (χ2v) is 13.8. The Bertz CT molecular complexity index is 3190. The van der Waals surface area contributed by atoms with Gasteiger partial charge in [0.1, 0.15) is 0 Å². The Labute approximate surface area is 298 Å². The molecule has 0 aliphatic carbocycles. The molecule has 12 rings (SSSR count). The summed E-state index contributed by atoms with van der Waals surface area (Å²) in [7, 11) is 0. The molecule has 4 aromatic heterocycles. The van der Waals surface area contributed by atoms with Crippen molar-refractivity contribution in [3.05, 3.63) is 182 Å². The van der Waals surface area contributed by atoms with Crippen LogP contribution in [0.4, 0.5) is 0 Å². The maximum absolute atomic E-state index is 2.47. The Balaban J connectivity index is 1.11. The largest absolute Gasteiger partial charge is 0.309 e. The summed E-state index contributed by atoms with van der Waals surface area (Å²) < 4.78 is 9.76. The van der Waals surface area contributed by atoms with Crippen LogP contribution in [0, 0.1) is 0 Å². The van der Waals surface area contributed by atoms with E-state index in [0.717, 1.165) is 22.7 Å². The van der Waals surface area contributed by atoms with Crippen LogP contribution in [-0.2, 0) is 0 Å². The molecule has 242 valence electrons. The Kier molecular flexibility index (Phi) is 5.47. The quantitative estimate of drug-likeness (QED) is 0.179. The van der Waals surface area contributed by atoms with Gasteiger partial charge in [-0.2, -0.15) is 0 Å². The first-order valence-corrected chi connectivity index (χ1v) is 17.9. The van der Waals surface area contributed by atoms with Crippen molar-refractivity contribution in [2.45, 2.75) is 0 Å². The van der Waals surface area contributed by atoms with Crippen LogP contribution in [0.2, 0.25) is 0 Å². The summed E-state index contributed by atoms with van der Waals surface area (Å²) >= 11 is 0. The molecule has 4 heteroatoms. The zero-order chi connectivity index (χ0) is 33.9. The summed E-state index contributed by atoms with van der Waals surface area (Å²) in [5.74, 6) is 0. The first kappa shape index (κ1) is 27.7. The lowest BCUT2D eigenvalue weighted by atomic mass is 10.2. The fraction of sp³-hybridized carbons (Fsp3) is 0. The van der Waals surface area contributed by atoms with E-state index < -0.39 is 0 Å². The molecule has 0 saturated carbocycles. The minimum Gasteiger partial charge on any atom is -0.309 e. The lowest BCUT2D eigenvalue weighted by molar-refractivity contribution is 1.09. The molecule has 0 amide bonds. The number of nitrogens with zero attached hydrogens (tertiary/aromatic N) is 4. The van der Waals surface area contributed by atoms with Crippen molar-refractivity contribution < 1.29 is 0 Å². The highest BCUT2D eigenvalue weighted by molar-refractivity contribution is 6.25. The summed E-state index contributed by atoms with van der Waals surface area (Å²) in [4.78, 5) is 0. The van der Waals surface area contributed by atoms with Gasteiger partial charge in [0.25, 0.3) is 0 Å². The van der Waals surface area contributed by atoms with E-state index in [1.54, 1.807) is 0 Å². The van der Waals surface area contributed by atoms with Gasteiger partial charge >= 0.3 is 0 Å². The fourth-order valence-corrected chi connectivity index (χ4v) is 9.11. The van der Waals surface area contributed by atoms with Crippen LogP contribution >= 0.6 is 0 Å². The van der Waals surface area contributed by atoms with E-state index in [-0.39, 0.29) is 0 Å². The van der Waals surface area contributed by atoms with E-state index in [0.29, 0.717) is 0 Å². The molecule has 0 spiro atoms. The van der Waals surface area contributed by atoms with E-state index in [2.05, 4.69) is 200 Å². The van der Waals surface area contributed by atoms with Crippen molar-refractivity contribution in [2.75, 3.05) is 0 Å². The average Bonchev–Trinajstić information content (AvgIpc) is 3.94. The van der Waals surface area contributed by atoms with Gasteiger partial charge in [-0.15, -0.1) is 0 Å². The Morgan fingerprint density at radius 1 is 0.231 bits per heavy atom. The highest BCUT2D eigenvalue weighted by Gasteiger charge is 2.24. The molecule has 0 aliphatic heterocycles. The average molecular weight is 663 g/mol. The van der Waals surface area contributed by atoms with Gasteiger partial charge < -0.3 is 18.3 Å². The van der Waals surface area contributed by atoms with Crippen LogP contribution < -0.4 is 0 Å². The van der Waals surface area contributed by atoms with Crippen molar-refractivity contribution >= 4 is 76.5 Å². The maximum Gasteiger partial charge on any atom is 0.0702 e. The second kappa shape index (κ2) is 10.3. The molecule has 8 aromatic carbocycles. The number of fused-ring (bicyclic) bond motifs is 6. The zero-order valence-electron chi connectivity index (χ0n) is 28.1. The molecular formula is C48H30N4. The molecule has 0 saturated heterocycles. The number of hydrogen-bond acceptors (Lipinski definition) is 0. The third kappa shape index (κ3) is 3.55. The molecule has 4 nitrogen and oxygen atoms in total. The van der Waals surface area contributed by atoms with Crippen LogP contribution in [0.1, 0.15) is 0 Å². The maximum atomic E-state index is 2.47. The van der Waals surface area contributed by atoms with E-state index >= 15 is 0 Å². The number of aromatic nitrogens is 4. The van der Waals surface area contributed by atoms with Gasteiger partial charge in [0.15, 0.2) is 0 Å². The lowest BCUT2D eigenvalue weighted by Gasteiger charge is -2.17. The summed E-state index contributed by atoms with van der Waals surface area (Å²) in [6.07, 6.45) is 0. The van der Waals surface area contributed by atoms with Gasteiger partial charge in [-0.05, 0) is 78.9 Å². The first-order chi connectivity index (χ1) is 25.8. The fourth-order valence-electron chi connectivity index (χ4n) is 9.11. The van der Waals surface area contributed by atoms with Gasteiger partial charge in [0.05, 0.1) is 55.5 Å². The highest BCUT2D eigenvalue weighted by atomic mass is 15.1. The normalized spacial score (nSPS) is 12.2. The van der Waals surface area contributed by atoms with E-state index in [4.69, 9.17) is 0 Å². The second-order valence-electron chi connectivity index (χ2n) is 13.8. The summed E-state index contributed by atoms with van der Waals surface area (Å²) in [5.41, 5.74) is 14.3. The third-order valence-corrected chi connectivity index (χ3v) is 11.1. The van der Waals surface area contributed by atoms with Crippen molar-refractivity contribution in [3.63, 3.8) is 0 Å². The minimum atomic E-state index is 1.15. The molecule has 0 N–H and O–H groups in total. The van der Waals surface area contributed by atoms with E-state index in [9.17, 15) is 0 Å². The molecule has 4 heterocycles. The predicted octanol–water partition coefficient (Wildman–Crippen LogP) is 12.4. The molecule has 0 radical (unpaired) electrons. The van der Waals surface area contributed by atoms with Gasteiger partial charge in [0, 0.05) is 43.7 Å². The highest BCUT2D eigenvalue weighted by Crippen LogP contribution is 2.44. The number of benzene rings is 8. The van der Waals surface area contributed by atoms with Crippen molar-refractivity contribution in [1.29, 1.82) is 0 Å². The lowest BCUT2D eigenvalue weighted by Crippen LogP contribution is -2.04. The van der Waals surface area contributed by atoms with Crippen LogP contribution in [0.5, 0.6) is 0 Å². The number of rotatable bonds is 4. The molecule has 52 heavy (non-hydrogen) atoms. The van der Waals surface area contributed by atoms with Crippen molar-refractivity contribution in [1.82, 2.24) is 18.3 Å². The topological polar surface area (TPSA) is 19.7 Å². The van der Waals surface area contributed by atoms with Crippen LogP contribution in [0.3, 0.4) is 0 Å². The van der Waals surface area contributed by atoms with Gasteiger partial charge in [-0.3, -0.25) is 0 Å². The molecule has 0 atom stereocenters. The Morgan fingerprint density at radius 3 is 0.962 bits per heavy atom. The molecule has 0 fully saturated rings. The SMILES string of the molecule is c1cc(-n2c3ccccc3c3ccccc32)cc(-n2c3cccc4c3c3c2cccc3n4-c2ccccc2-n2c3ccccc3c3ccccc32)c1. The molecule has 12 aromatic rings. The van der Waals surface area contributed by atoms with Crippen LogP contribution in [0.25, 0.3) is 99.2 Å². The monoisotopic (exact) mass is 662 g/mol. The smallest absolute Gasteiger partial charge is 0.0702 e. The van der Waals surface area contributed by atoms with Crippen LogP contribution in [0.15, 0.2) is 182 Å². The molecule has 0 unspecified atom stereocenters. The summed E-state index contributed by atoms with van der Waals surface area (Å²) in [5, 5.41) is 7.63. The summed E-state index contributed by atoms with van der Waals surface area (Å²) in [6, 6.07) is 66.3. The molecular weight excluding hydrogens is 633 g/mol. The Hall–Kier alpha value is -7.04. The first-order valence-electron chi connectivity index (χ1n) is 17.9.